The summed E-state index contributed by atoms with van der Waals surface area (Å²) in [6.07, 6.45) is 5.61. The molecular weight excluding hydrogens is 204 g/mol. The van der Waals surface area contributed by atoms with E-state index in [0.29, 0.717) is 0 Å². The van der Waals surface area contributed by atoms with Crippen LogP contribution in [0.2, 0.25) is 0 Å². The Bertz CT molecular complexity index is 180. The molecule has 1 atom stereocenters. The molecule has 2 saturated heterocycles. The molecule has 15 heavy (non-hydrogen) atoms. The molecule has 88 valence electrons. The number of hydrogen-bond donors (Lipinski definition) is 1. The van der Waals surface area contributed by atoms with Gasteiger partial charge in [0.1, 0.15) is 0 Å². The lowest BCUT2D eigenvalue weighted by Crippen LogP contribution is -2.46. The summed E-state index contributed by atoms with van der Waals surface area (Å²) < 4.78 is 0. The third-order valence-corrected chi connectivity index (χ3v) is 4.74. The summed E-state index contributed by atoms with van der Waals surface area (Å²) in [4.78, 5) is 2.81. The van der Waals surface area contributed by atoms with Gasteiger partial charge in [-0.3, -0.25) is 4.90 Å². The minimum atomic E-state index is 0.885. The molecule has 0 saturated carbocycles. The van der Waals surface area contributed by atoms with Gasteiger partial charge < -0.3 is 5.32 Å². The lowest BCUT2D eigenvalue weighted by molar-refractivity contribution is 0.158. The van der Waals surface area contributed by atoms with Crippen LogP contribution >= 0.6 is 11.8 Å². The quantitative estimate of drug-likeness (QED) is 0.792. The second-order valence-electron chi connectivity index (χ2n) is 4.67. The summed E-state index contributed by atoms with van der Waals surface area (Å²) in [6.45, 7) is 6.09. The molecule has 0 aromatic heterocycles. The van der Waals surface area contributed by atoms with Gasteiger partial charge in [0.05, 0.1) is 0 Å². The summed E-state index contributed by atoms with van der Waals surface area (Å²) >= 11 is 2.12. The van der Waals surface area contributed by atoms with Crippen molar-refractivity contribution in [3.63, 3.8) is 0 Å². The predicted molar refractivity (Wildman–Crippen MR) is 68.6 cm³/mol. The molecule has 2 aliphatic rings. The molecule has 0 spiro atoms. The van der Waals surface area contributed by atoms with Crippen molar-refractivity contribution in [1.29, 1.82) is 0 Å². The fourth-order valence-corrected chi connectivity index (χ4v) is 3.78. The van der Waals surface area contributed by atoms with Gasteiger partial charge in [0.2, 0.25) is 0 Å². The fraction of sp³-hybridized carbons (Fsp3) is 1.00. The molecule has 2 rings (SSSR count). The van der Waals surface area contributed by atoms with E-state index >= 15 is 0 Å². The van der Waals surface area contributed by atoms with Gasteiger partial charge in [-0.15, -0.1) is 0 Å². The molecule has 1 N–H and O–H groups in total. The number of piperidine rings is 1. The Kier molecular flexibility index (Phi) is 4.79. The van der Waals surface area contributed by atoms with Crippen molar-refractivity contribution in [2.45, 2.75) is 44.7 Å². The maximum atomic E-state index is 3.46. The zero-order valence-electron chi connectivity index (χ0n) is 9.87. The summed E-state index contributed by atoms with van der Waals surface area (Å²) in [5, 5.41) is 3.46. The first-order chi connectivity index (χ1) is 7.42. The van der Waals surface area contributed by atoms with E-state index in [0.717, 1.165) is 12.1 Å². The van der Waals surface area contributed by atoms with E-state index in [9.17, 15) is 0 Å². The molecular formula is C12H24N2S. The Balaban J connectivity index is 1.82. The third kappa shape index (κ3) is 3.11. The van der Waals surface area contributed by atoms with Crippen LogP contribution in [0.4, 0.5) is 0 Å². The lowest BCUT2D eigenvalue weighted by Gasteiger charge is -2.35. The molecule has 0 aromatic rings. The van der Waals surface area contributed by atoms with Crippen LogP contribution in [0, 0.1) is 0 Å². The first-order valence-electron chi connectivity index (χ1n) is 6.46. The smallest absolute Gasteiger partial charge is 0.0189 e. The van der Waals surface area contributed by atoms with Gasteiger partial charge in [-0.2, -0.15) is 11.8 Å². The van der Waals surface area contributed by atoms with Crippen LogP contribution in [0.3, 0.4) is 0 Å². The van der Waals surface area contributed by atoms with Gasteiger partial charge in [-0.1, -0.05) is 6.92 Å². The fourth-order valence-electron chi connectivity index (χ4n) is 2.91. The van der Waals surface area contributed by atoms with E-state index in [1.165, 1.54) is 56.8 Å². The molecule has 0 aromatic carbocycles. The Hall–Kier alpha value is 0.270. The van der Waals surface area contributed by atoms with Crippen LogP contribution < -0.4 is 5.32 Å². The second-order valence-corrected chi connectivity index (χ2v) is 5.99. The third-order valence-electron chi connectivity index (χ3n) is 3.71. The van der Waals surface area contributed by atoms with Crippen molar-refractivity contribution in [1.82, 2.24) is 10.2 Å². The maximum Gasteiger partial charge on any atom is 0.0189 e. The van der Waals surface area contributed by atoms with Gasteiger partial charge in [0.25, 0.3) is 0 Å². The summed E-state index contributed by atoms with van der Waals surface area (Å²) in [5.41, 5.74) is 0. The summed E-state index contributed by atoms with van der Waals surface area (Å²) in [7, 11) is 0. The van der Waals surface area contributed by atoms with E-state index in [1.807, 2.05) is 0 Å². The van der Waals surface area contributed by atoms with Crippen molar-refractivity contribution in [3.05, 3.63) is 0 Å². The topological polar surface area (TPSA) is 15.3 Å². The highest BCUT2D eigenvalue weighted by molar-refractivity contribution is 7.99. The van der Waals surface area contributed by atoms with Crippen LogP contribution in [0.15, 0.2) is 0 Å². The lowest BCUT2D eigenvalue weighted by atomic mass is 10.0. The van der Waals surface area contributed by atoms with Crippen LogP contribution in [-0.4, -0.2) is 48.1 Å². The van der Waals surface area contributed by atoms with E-state index in [1.54, 1.807) is 0 Å². The Labute approximate surface area is 98.2 Å². The summed E-state index contributed by atoms with van der Waals surface area (Å²) in [5.74, 6) is 2.64. The van der Waals surface area contributed by atoms with Crippen LogP contribution in [-0.2, 0) is 0 Å². The van der Waals surface area contributed by atoms with Gasteiger partial charge in [0.15, 0.2) is 0 Å². The first kappa shape index (κ1) is 11.7. The molecule has 3 heteroatoms. The minimum absolute atomic E-state index is 0.885. The highest BCUT2D eigenvalue weighted by atomic mass is 32.2. The van der Waals surface area contributed by atoms with Crippen LogP contribution in [0.5, 0.6) is 0 Å². The zero-order chi connectivity index (χ0) is 10.5. The standard InChI is InChI=1S/C12H24N2S/c1-2-15-10-12-4-3-9-14(12)11-5-7-13-8-6-11/h11-13H,2-10H2,1H3/t12-/m0/s1. The molecule has 2 fully saturated rings. The van der Waals surface area contributed by atoms with E-state index in [-0.39, 0.29) is 0 Å². The first-order valence-corrected chi connectivity index (χ1v) is 7.61. The van der Waals surface area contributed by atoms with Crippen molar-refractivity contribution in [3.8, 4) is 0 Å². The van der Waals surface area contributed by atoms with E-state index < -0.39 is 0 Å². The number of rotatable bonds is 4. The summed E-state index contributed by atoms with van der Waals surface area (Å²) in [6, 6.07) is 1.77. The highest BCUT2D eigenvalue weighted by Crippen LogP contribution is 2.26. The zero-order valence-corrected chi connectivity index (χ0v) is 10.7. The highest BCUT2D eigenvalue weighted by Gasteiger charge is 2.30. The van der Waals surface area contributed by atoms with Gasteiger partial charge in [-0.05, 0) is 51.1 Å². The molecule has 0 amide bonds. The molecule has 0 radical (unpaired) electrons. The molecule has 0 aliphatic carbocycles. The van der Waals surface area contributed by atoms with Gasteiger partial charge in [-0.25, -0.2) is 0 Å². The Morgan fingerprint density at radius 3 is 2.80 bits per heavy atom. The van der Waals surface area contributed by atoms with Crippen molar-refractivity contribution < 1.29 is 0 Å². The monoisotopic (exact) mass is 228 g/mol. The molecule has 2 aliphatic heterocycles. The average Bonchev–Trinajstić information content (AvgIpc) is 2.75. The second kappa shape index (κ2) is 6.12. The maximum absolute atomic E-state index is 3.46. The van der Waals surface area contributed by atoms with E-state index in [4.69, 9.17) is 0 Å². The van der Waals surface area contributed by atoms with Crippen LogP contribution in [0.1, 0.15) is 32.6 Å². The van der Waals surface area contributed by atoms with Gasteiger partial charge >= 0.3 is 0 Å². The molecule has 0 unspecified atom stereocenters. The Morgan fingerprint density at radius 1 is 1.27 bits per heavy atom. The normalized spacial score (nSPS) is 29.8. The van der Waals surface area contributed by atoms with E-state index in [2.05, 4.69) is 28.9 Å². The number of nitrogens with zero attached hydrogens (tertiary/aromatic N) is 1. The largest absolute Gasteiger partial charge is 0.317 e. The predicted octanol–water partition coefficient (Wildman–Crippen LogP) is 1.96. The SMILES string of the molecule is CCSC[C@@H]1CCCN1C1CCNCC1. The molecule has 2 nitrogen and oxygen atoms in total. The van der Waals surface area contributed by atoms with Crippen molar-refractivity contribution in [2.24, 2.45) is 0 Å². The van der Waals surface area contributed by atoms with Gasteiger partial charge in [0, 0.05) is 17.8 Å². The Morgan fingerprint density at radius 2 is 2.07 bits per heavy atom. The molecule has 2 heterocycles. The average molecular weight is 228 g/mol. The number of likely N-dealkylation sites (tertiary alicyclic amines) is 1. The van der Waals surface area contributed by atoms with Crippen LogP contribution in [0.25, 0.3) is 0 Å². The minimum Gasteiger partial charge on any atom is -0.317 e. The van der Waals surface area contributed by atoms with Crippen molar-refractivity contribution in [2.75, 3.05) is 31.1 Å². The van der Waals surface area contributed by atoms with Crippen molar-refractivity contribution >= 4 is 11.8 Å². The number of nitrogens with one attached hydrogen (secondary N) is 1. The number of hydrogen-bond acceptors (Lipinski definition) is 3. The molecule has 0 bridgehead atoms. The number of thioether (sulfide) groups is 1.